The Balaban J connectivity index is 2.08. The lowest BCUT2D eigenvalue weighted by atomic mass is 10.1. The molecule has 0 fully saturated rings. The Bertz CT molecular complexity index is 1490. The molecule has 3 rings (SSSR count). The van der Waals surface area contributed by atoms with Crippen LogP contribution in [0.5, 0.6) is 5.75 Å². The highest BCUT2D eigenvalue weighted by atomic mass is 35.5. The number of carbonyl (C=O) groups excluding carboxylic acids is 2. The van der Waals surface area contributed by atoms with Gasteiger partial charge in [-0.25, -0.2) is 8.42 Å². The van der Waals surface area contributed by atoms with Gasteiger partial charge in [0.05, 0.1) is 17.2 Å². The molecule has 12 heteroatoms. The van der Waals surface area contributed by atoms with Gasteiger partial charge in [0.15, 0.2) is 0 Å². The van der Waals surface area contributed by atoms with Gasteiger partial charge in [-0.2, -0.15) is 0 Å². The molecule has 0 heterocycles. The zero-order valence-corrected chi connectivity index (χ0v) is 27.8. The quantitative estimate of drug-likeness (QED) is 0.183. The van der Waals surface area contributed by atoms with Gasteiger partial charge in [0.1, 0.15) is 18.3 Å². The van der Waals surface area contributed by atoms with Gasteiger partial charge < -0.3 is 15.0 Å². The van der Waals surface area contributed by atoms with Crippen molar-refractivity contribution >= 4 is 62.5 Å². The SMILES string of the molecule is CCCNC(=O)C(CC)N(Cc1ccc(Cl)cc1Cl)C(=O)CN(c1ccc(OCC)cc1)S(=O)(=O)c1ccc(SC)cc1. The van der Waals surface area contributed by atoms with Crippen LogP contribution in [0.1, 0.15) is 39.2 Å². The molecule has 0 aliphatic carbocycles. The minimum Gasteiger partial charge on any atom is -0.494 e. The van der Waals surface area contributed by atoms with Crippen LogP contribution in [0.15, 0.2) is 76.5 Å². The summed E-state index contributed by atoms with van der Waals surface area (Å²) in [4.78, 5) is 29.7. The number of rotatable bonds is 15. The number of nitrogens with one attached hydrogen (secondary N) is 1. The van der Waals surface area contributed by atoms with E-state index in [-0.39, 0.29) is 23.0 Å². The van der Waals surface area contributed by atoms with Gasteiger partial charge in [-0.15, -0.1) is 11.8 Å². The van der Waals surface area contributed by atoms with Crippen LogP contribution in [0.3, 0.4) is 0 Å². The molecule has 1 N–H and O–H groups in total. The molecule has 0 bridgehead atoms. The van der Waals surface area contributed by atoms with Crippen molar-refractivity contribution in [1.29, 1.82) is 0 Å². The summed E-state index contributed by atoms with van der Waals surface area (Å²) in [5, 5.41) is 3.63. The van der Waals surface area contributed by atoms with Gasteiger partial charge in [-0.1, -0.05) is 43.1 Å². The Labute approximate surface area is 268 Å². The van der Waals surface area contributed by atoms with Gasteiger partial charge in [0.2, 0.25) is 11.8 Å². The largest absolute Gasteiger partial charge is 0.494 e. The molecule has 1 unspecified atom stereocenters. The summed E-state index contributed by atoms with van der Waals surface area (Å²) in [6, 6.07) is 17.0. The average Bonchev–Trinajstić information content (AvgIpc) is 3.00. The molecule has 232 valence electrons. The number of hydrogen-bond acceptors (Lipinski definition) is 6. The second-order valence-electron chi connectivity index (χ2n) is 9.59. The lowest BCUT2D eigenvalue weighted by Crippen LogP contribution is -2.52. The van der Waals surface area contributed by atoms with Crippen LogP contribution in [0, 0.1) is 0 Å². The van der Waals surface area contributed by atoms with Crippen LogP contribution in [-0.2, 0) is 26.2 Å². The van der Waals surface area contributed by atoms with E-state index in [1.165, 1.54) is 28.8 Å². The highest BCUT2D eigenvalue weighted by Gasteiger charge is 2.34. The lowest BCUT2D eigenvalue weighted by molar-refractivity contribution is -0.140. The third kappa shape index (κ3) is 9.04. The number of carbonyl (C=O) groups is 2. The fourth-order valence-electron chi connectivity index (χ4n) is 4.40. The third-order valence-electron chi connectivity index (χ3n) is 6.65. The summed E-state index contributed by atoms with van der Waals surface area (Å²) < 4.78 is 34.7. The minimum absolute atomic E-state index is 0.0214. The summed E-state index contributed by atoms with van der Waals surface area (Å²) >= 11 is 14.1. The van der Waals surface area contributed by atoms with Crippen molar-refractivity contribution in [3.8, 4) is 5.75 Å². The normalized spacial score (nSPS) is 12.0. The summed E-state index contributed by atoms with van der Waals surface area (Å²) in [6.45, 7) is 5.90. The van der Waals surface area contributed by atoms with E-state index in [4.69, 9.17) is 27.9 Å². The molecule has 2 amide bonds. The maximum Gasteiger partial charge on any atom is 0.264 e. The van der Waals surface area contributed by atoms with E-state index in [9.17, 15) is 18.0 Å². The van der Waals surface area contributed by atoms with Crippen molar-refractivity contribution in [2.75, 3.05) is 30.3 Å². The summed E-state index contributed by atoms with van der Waals surface area (Å²) in [6.07, 6.45) is 2.92. The smallest absolute Gasteiger partial charge is 0.264 e. The molecular weight excluding hydrogens is 629 g/mol. The zero-order chi connectivity index (χ0) is 31.6. The first-order chi connectivity index (χ1) is 20.5. The first-order valence-electron chi connectivity index (χ1n) is 14.0. The molecule has 8 nitrogen and oxygen atoms in total. The lowest BCUT2D eigenvalue weighted by Gasteiger charge is -2.33. The van der Waals surface area contributed by atoms with Crippen LogP contribution in [-0.4, -0.2) is 57.1 Å². The molecule has 0 aliphatic heterocycles. The number of hydrogen-bond donors (Lipinski definition) is 1. The van der Waals surface area contributed by atoms with E-state index < -0.39 is 28.5 Å². The summed E-state index contributed by atoms with van der Waals surface area (Å²) in [5.41, 5.74) is 0.850. The van der Waals surface area contributed by atoms with Crippen LogP contribution in [0.2, 0.25) is 10.0 Å². The predicted octanol–water partition coefficient (Wildman–Crippen LogP) is 6.64. The van der Waals surface area contributed by atoms with E-state index in [0.717, 1.165) is 15.6 Å². The highest BCUT2D eigenvalue weighted by molar-refractivity contribution is 7.98. The molecule has 3 aromatic rings. The summed E-state index contributed by atoms with van der Waals surface area (Å²) in [7, 11) is -4.19. The van der Waals surface area contributed by atoms with Crippen LogP contribution in [0.25, 0.3) is 0 Å². The van der Waals surface area contributed by atoms with Gasteiger partial charge in [0, 0.05) is 28.0 Å². The van der Waals surface area contributed by atoms with Gasteiger partial charge in [-0.3, -0.25) is 13.9 Å². The Morgan fingerprint density at radius 2 is 1.65 bits per heavy atom. The van der Waals surface area contributed by atoms with Gasteiger partial charge in [0.25, 0.3) is 10.0 Å². The van der Waals surface area contributed by atoms with Crippen LogP contribution < -0.4 is 14.4 Å². The van der Waals surface area contributed by atoms with Gasteiger partial charge >= 0.3 is 0 Å². The predicted molar refractivity (Wildman–Crippen MR) is 175 cm³/mol. The van der Waals surface area contributed by atoms with Crippen LogP contribution >= 0.6 is 35.0 Å². The molecule has 0 saturated heterocycles. The fourth-order valence-corrected chi connectivity index (χ4v) is 6.69. The van der Waals surface area contributed by atoms with E-state index in [1.54, 1.807) is 61.5 Å². The fraction of sp³-hybridized carbons (Fsp3) is 0.355. The monoisotopic (exact) mass is 665 g/mol. The van der Waals surface area contributed by atoms with Crippen molar-refractivity contribution in [2.45, 2.75) is 56.0 Å². The molecular formula is C31H37Cl2N3O5S2. The maximum absolute atomic E-state index is 14.2. The van der Waals surface area contributed by atoms with E-state index in [0.29, 0.717) is 40.9 Å². The van der Waals surface area contributed by atoms with Gasteiger partial charge in [-0.05, 0) is 92.2 Å². The second kappa shape index (κ2) is 16.2. The van der Waals surface area contributed by atoms with Crippen molar-refractivity contribution in [1.82, 2.24) is 10.2 Å². The standard InChI is InChI=1S/C31H37Cl2N3O5S2/c1-5-18-34-31(38)29(6-2)35(20-22-8-9-23(32)19-28(22)33)30(37)21-36(24-10-12-25(13-11-24)41-7-3)43(39,40)27-16-14-26(42-4)15-17-27/h8-17,19,29H,5-7,18,20-21H2,1-4H3,(H,34,38). The molecule has 0 aliphatic rings. The molecule has 0 saturated carbocycles. The summed E-state index contributed by atoms with van der Waals surface area (Å²) in [5.74, 6) is -0.328. The number of sulfonamides is 1. The number of anilines is 1. The minimum atomic E-state index is -4.19. The van der Waals surface area contributed by atoms with Crippen LogP contribution in [0.4, 0.5) is 5.69 Å². The number of nitrogens with zero attached hydrogens (tertiary/aromatic N) is 2. The molecule has 0 radical (unpaired) electrons. The topological polar surface area (TPSA) is 96.0 Å². The second-order valence-corrected chi connectivity index (χ2v) is 13.2. The number of thioether (sulfide) groups is 1. The van der Waals surface area contributed by atoms with E-state index >= 15 is 0 Å². The van der Waals surface area contributed by atoms with E-state index in [2.05, 4.69) is 5.32 Å². The number of ether oxygens (including phenoxy) is 1. The van der Waals surface area contributed by atoms with Crippen molar-refractivity contribution in [3.05, 3.63) is 82.3 Å². The number of amides is 2. The molecule has 0 spiro atoms. The molecule has 43 heavy (non-hydrogen) atoms. The Morgan fingerprint density at radius 3 is 2.21 bits per heavy atom. The number of halogens is 2. The van der Waals surface area contributed by atoms with Crippen molar-refractivity contribution in [2.24, 2.45) is 0 Å². The first kappa shape index (κ1) is 34.6. The van der Waals surface area contributed by atoms with Crippen molar-refractivity contribution in [3.63, 3.8) is 0 Å². The molecule has 0 aromatic heterocycles. The molecule has 3 aromatic carbocycles. The first-order valence-corrected chi connectivity index (χ1v) is 17.4. The molecule has 1 atom stereocenters. The highest BCUT2D eigenvalue weighted by Crippen LogP contribution is 2.29. The maximum atomic E-state index is 14.2. The van der Waals surface area contributed by atoms with E-state index in [1.807, 2.05) is 20.1 Å². The number of benzene rings is 3. The Morgan fingerprint density at radius 1 is 0.977 bits per heavy atom. The average molecular weight is 667 g/mol. The Hall–Kier alpha value is -2.92. The van der Waals surface area contributed by atoms with Crippen molar-refractivity contribution < 1.29 is 22.7 Å². The zero-order valence-electron chi connectivity index (χ0n) is 24.7. The third-order valence-corrected chi connectivity index (χ3v) is 9.77. The Kier molecular flexibility index (Phi) is 13.1.